The Morgan fingerprint density at radius 2 is 1.21 bits per heavy atom. The van der Waals surface area contributed by atoms with Crippen LogP contribution in [0.5, 0.6) is 0 Å². The molecule has 1 aromatic heterocycles. The van der Waals surface area contributed by atoms with Crippen molar-refractivity contribution in [3.63, 3.8) is 0 Å². The molecular formula is C45H37O2+. The Morgan fingerprint density at radius 1 is 0.596 bits per heavy atom. The zero-order chi connectivity index (χ0) is 31.4. The third-order valence-electron chi connectivity index (χ3n) is 9.38. The van der Waals surface area contributed by atoms with Crippen LogP contribution in [0, 0.1) is 0 Å². The highest BCUT2D eigenvalue weighted by Gasteiger charge is 2.31. The van der Waals surface area contributed by atoms with Crippen LogP contribution < -0.4 is 0 Å². The first-order valence-electron chi connectivity index (χ1n) is 16.8. The van der Waals surface area contributed by atoms with Crippen molar-refractivity contribution in [2.24, 2.45) is 0 Å². The number of fused-ring (bicyclic) bond motifs is 2. The summed E-state index contributed by atoms with van der Waals surface area (Å²) < 4.78 is 13.5. The van der Waals surface area contributed by atoms with Crippen LogP contribution in [-0.4, -0.2) is 0 Å². The monoisotopic (exact) mass is 609 g/mol. The van der Waals surface area contributed by atoms with E-state index in [0.717, 1.165) is 72.7 Å². The topological polar surface area (TPSA) is 20.5 Å². The van der Waals surface area contributed by atoms with E-state index in [-0.39, 0.29) is 0 Å². The summed E-state index contributed by atoms with van der Waals surface area (Å²) in [5, 5.41) is 0. The highest BCUT2D eigenvalue weighted by molar-refractivity contribution is 5.88. The van der Waals surface area contributed by atoms with E-state index in [1.165, 1.54) is 44.5 Å². The molecule has 8 rings (SSSR count). The average Bonchev–Trinajstić information content (AvgIpc) is 3.15. The van der Waals surface area contributed by atoms with Crippen LogP contribution in [0.4, 0.5) is 0 Å². The van der Waals surface area contributed by atoms with Gasteiger partial charge in [-0.3, -0.25) is 0 Å². The average molecular weight is 610 g/mol. The Kier molecular flexibility index (Phi) is 8.07. The van der Waals surface area contributed by atoms with Crippen molar-refractivity contribution in [3.05, 3.63) is 191 Å². The van der Waals surface area contributed by atoms with Crippen molar-refractivity contribution in [2.45, 2.75) is 38.5 Å². The molecule has 1 aliphatic heterocycles. The maximum Gasteiger partial charge on any atom is 0.361 e. The molecule has 47 heavy (non-hydrogen) atoms. The number of allylic oxidation sites excluding steroid dienone is 8. The lowest BCUT2D eigenvalue weighted by Gasteiger charge is -2.29. The zero-order valence-corrected chi connectivity index (χ0v) is 26.5. The van der Waals surface area contributed by atoms with Crippen molar-refractivity contribution in [3.8, 4) is 22.5 Å². The van der Waals surface area contributed by atoms with E-state index >= 15 is 0 Å². The maximum absolute atomic E-state index is 6.76. The van der Waals surface area contributed by atoms with E-state index < -0.39 is 0 Å². The molecule has 2 heterocycles. The van der Waals surface area contributed by atoms with Crippen LogP contribution in [0.3, 0.4) is 0 Å². The summed E-state index contributed by atoms with van der Waals surface area (Å²) in [6.45, 7) is 0. The smallest absolute Gasteiger partial charge is 0.361 e. The molecule has 228 valence electrons. The van der Waals surface area contributed by atoms with Crippen molar-refractivity contribution in [1.82, 2.24) is 0 Å². The van der Waals surface area contributed by atoms with Gasteiger partial charge in [0.25, 0.3) is 0 Å². The molecule has 0 saturated carbocycles. The number of hydrogen-bond acceptors (Lipinski definition) is 1. The number of hydrogen-bond donors (Lipinski definition) is 0. The van der Waals surface area contributed by atoms with Gasteiger partial charge < -0.3 is 4.74 Å². The van der Waals surface area contributed by atoms with Crippen molar-refractivity contribution in [1.29, 1.82) is 0 Å². The molecule has 2 nitrogen and oxygen atoms in total. The van der Waals surface area contributed by atoms with E-state index in [2.05, 4.69) is 152 Å². The summed E-state index contributed by atoms with van der Waals surface area (Å²) in [5.74, 6) is 3.82. The van der Waals surface area contributed by atoms with Gasteiger partial charge in [0.2, 0.25) is 0 Å². The number of ether oxygens (including phenoxy) is 1. The molecule has 0 bridgehead atoms. The van der Waals surface area contributed by atoms with Crippen LogP contribution in [0.2, 0.25) is 0 Å². The van der Waals surface area contributed by atoms with Gasteiger partial charge in [-0.15, -0.1) is 0 Å². The summed E-state index contributed by atoms with van der Waals surface area (Å²) in [6, 6.07) is 44.6. The summed E-state index contributed by atoms with van der Waals surface area (Å²) >= 11 is 0. The number of benzene rings is 4. The van der Waals surface area contributed by atoms with E-state index in [1.807, 2.05) is 0 Å². The second kappa shape index (κ2) is 13.1. The van der Waals surface area contributed by atoms with Gasteiger partial charge in [0.15, 0.2) is 0 Å². The van der Waals surface area contributed by atoms with Gasteiger partial charge in [-0.2, -0.15) is 0 Å². The molecule has 0 spiro atoms. The second-order valence-electron chi connectivity index (χ2n) is 12.4. The van der Waals surface area contributed by atoms with Gasteiger partial charge >= 0.3 is 11.5 Å². The minimum Gasteiger partial charge on any atom is -0.456 e. The van der Waals surface area contributed by atoms with Crippen molar-refractivity contribution in [2.75, 3.05) is 0 Å². The highest BCUT2D eigenvalue weighted by atomic mass is 16.5. The molecule has 0 N–H and O–H groups in total. The lowest BCUT2D eigenvalue weighted by molar-refractivity contribution is 0.372. The minimum absolute atomic E-state index is 0.899. The fraction of sp³-hybridized carbons (Fsp3) is 0.133. The fourth-order valence-electron chi connectivity index (χ4n) is 7.07. The lowest BCUT2D eigenvalue weighted by atomic mass is 9.85. The first kappa shape index (κ1) is 29.0. The van der Waals surface area contributed by atoms with E-state index in [9.17, 15) is 0 Å². The van der Waals surface area contributed by atoms with Crippen molar-refractivity contribution >= 4 is 16.9 Å². The summed E-state index contributed by atoms with van der Waals surface area (Å²) in [7, 11) is 0. The summed E-state index contributed by atoms with van der Waals surface area (Å²) in [6.07, 6.45) is 15.2. The van der Waals surface area contributed by atoms with Gasteiger partial charge in [0.1, 0.15) is 11.5 Å². The quantitative estimate of drug-likeness (QED) is 0.179. The van der Waals surface area contributed by atoms with Gasteiger partial charge in [-0.25, -0.2) is 4.42 Å². The van der Waals surface area contributed by atoms with Crippen LogP contribution in [0.1, 0.15) is 54.6 Å². The molecule has 0 atom stereocenters. The van der Waals surface area contributed by atoms with Gasteiger partial charge in [0, 0.05) is 16.7 Å². The fourth-order valence-corrected chi connectivity index (χ4v) is 7.07. The predicted octanol–water partition coefficient (Wildman–Crippen LogP) is 12.1. The van der Waals surface area contributed by atoms with E-state index in [1.54, 1.807) is 0 Å². The van der Waals surface area contributed by atoms with Crippen LogP contribution in [0.15, 0.2) is 173 Å². The molecule has 0 radical (unpaired) electrons. The highest BCUT2D eigenvalue weighted by Crippen LogP contribution is 2.44. The van der Waals surface area contributed by atoms with E-state index in [4.69, 9.17) is 9.15 Å². The Labute approximate surface area is 277 Å². The van der Waals surface area contributed by atoms with Gasteiger partial charge in [0.05, 0.1) is 22.8 Å². The zero-order valence-electron chi connectivity index (χ0n) is 26.5. The van der Waals surface area contributed by atoms with Crippen molar-refractivity contribution < 1.29 is 9.15 Å². The normalized spacial score (nSPS) is 16.9. The summed E-state index contributed by atoms with van der Waals surface area (Å²) in [5.41, 5.74) is 12.2. The maximum atomic E-state index is 6.76. The first-order chi connectivity index (χ1) is 23.3. The van der Waals surface area contributed by atoms with Crippen LogP contribution in [0.25, 0.3) is 39.4 Å². The largest absolute Gasteiger partial charge is 0.456 e. The Morgan fingerprint density at radius 3 is 1.91 bits per heavy atom. The molecule has 2 aliphatic carbocycles. The molecule has 2 heteroatoms. The van der Waals surface area contributed by atoms with Gasteiger partial charge in [-0.1, -0.05) is 121 Å². The SMILES string of the molecule is C(=CC1=C2OC(c3ccccc3)=CC(c3ccccc3)=C2CCC1)C=C1CCCc2c(-c3ccccc3)cc(-c3ccccc3)[o+]c21. The molecular weight excluding hydrogens is 572 g/mol. The third kappa shape index (κ3) is 5.95. The standard InChI is InChI=1S/C45H37O2/c1-5-16-32(17-6-1)40-30-42(34-20-9-3-10-21-34)46-44-36(26-14-28-38(40)44)24-13-25-37-27-15-29-39-41(33-18-7-2-8-19-33)31-43(47-45(37)39)35-22-11-4-12-23-35/h1-13,16-25,30-31H,14-15,26-29H2/q+1. The molecule has 4 aromatic carbocycles. The molecule has 0 unspecified atom stereocenters. The third-order valence-corrected chi connectivity index (χ3v) is 9.38. The van der Waals surface area contributed by atoms with Gasteiger partial charge in [-0.05, 0) is 85.1 Å². The first-order valence-corrected chi connectivity index (χ1v) is 16.8. The Bertz CT molecular complexity index is 2060. The summed E-state index contributed by atoms with van der Waals surface area (Å²) in [4.78, 5) is 0. The Balaban J connectivity index is 1.20. The van der Waals surface area contributed by atoms with Crippen LogP contribution >= 0.6 is 0 Å². The predicted molar refractivity (Wildman–Crippen MR) is 194 cm³/mol. The molecule has 3 aliphatic rings. The molecule has 5 aromatic rings. The molecule has 0 saturated heterocycles. The minimum atomic E-state index is 0.899. The van der Waals surface area contributed by atoms with Crippen LogP contribution in [-0.2, 0) is 11.2 Å². The molecule has 0 amide bonds. The Hall–Kier alpha value is -5.47. The second-order valence-corrected chi connectivity index (χ2v) is 12.4. The lowest BCUT2D eigenvalue weighted by Crippen LogP contribution is -2.11. The number of rotatable bonds is 6. The van der Waals surface area contributed by atoms with E-state index in [0.29, 0.717) is 0 Å². The molecule has 0 fully saturated rings.